The van der Waals surface area contributed by atoms with E-state index < -0.39 is 0 Å². The number of amides is 1. The Balaban J connectivity index is 1.77. The van der Waals surface area contributed by atoms with E-state index in [0.717, 1.165) is 37.1 Å². The Hall–Kier alpha value is -1.55. The van der Waals surface area contributed by atoms with Gasteiger partial charge in [-0.25, -0.2) is 0 Å². The highest BCUT2D eigenvalue weighted by atomic mass is 16.5. The average Bonchev–Trinajstić information content (AvgIpc) is 2.46. The number of carbonyl (C=O) groups is 1. The molecule has 1 amide bonds. The first-order valence-electron chi connectivity index (χ1n) is 7.42. The predicted molar refractivity (Wildman–Crippen MR) is 80.2 cm³/mol. The molecule has 110 valence electrons. The van der Waals surface area contributed by atoms with Gasteiger partial charge in [-0.15, -0.1) is 0 Å². The highest BCUT2D eigenvalue weighted by Crippen LogP contribution is 2.20. The number of hydrogen-bond donors (Lipinski definition) is 2. The summed E-state index contributed by atoms with van der Waals surface area (Å²) < 4.78 is 5.64. The number of benzene rings is 1. The molecule has 0 aliphatic carbocycles. The molecule has 1 aromatic rings. The second kappa shape index (κ2) is 7.29. The Morgan fingerprint density at radius 2 is 2.25 bits per heavy atom. The third-order valence-corrected chi connectivity index (χ3v) is 3.81. The minimum atomic E-state index is -0.0593. The monoisotopic (exact) mass is 276 g/mol. The van der Waals surface area contributed by atoms with Gasteiger partial charge in [-0.3, -0.25) is 4.79 Å². The lowest BCUT2D eigenvalue weighted by molar-refractivity contribution is -0.122. The summed E-state index contributed by atoms with van der Waals surface area (Å²) in [6.45, 7) is 2.80. The molecule has 1 aromatic carbocycles. The molecule has 1 heterocycles. The number of anilines is 1. The van der Waals surface area contributed by atoms with Crippen molar-refractivity contribution >= 4 is 11.6 Å². The zero-order valence-electron chi connectivity index (χ0n) is 12.1. The molecule has 3 N–H and O–H groups in total. The van der Waals surface area contributed by atoms with Crippen LogP contribution in [0.5, 0.6) is 0 Å². The molecule has 1 saturated heterocycles. The average molecular weight is 276 g/mol. The Bertz CT molecular complexity index is 442. The molecular weight excluding hydrogens is 252 g/mol. The van der Waals surface area contributed by atoms with Crippen LogP contribution in [0.2, 0.25) is 0 Å². The van der Waals surface area contributed by atoms with Crippen molar-refractivity contribution in [1.29, 1.82) is 0 Å². The van der Waals surface area contributed by atoms with E-state index >= 15 is 0 Å². The fourth-order valence-electron chi connectivity index (χ4n) is 2.62. The highest BCUT2D eigenvalue weighted by Gasteiger charge is 2.17. The third-order valence-electron chi connectivity index (χ3n) is 3.81. The van der Waals surface area contributed by atoms with Crippen molar-refractivity contribution in [3.63, 3.8) is 0 Å². The van der Waals surface area contributed by atoms with Gasteiger partial charge in [0.15, 0.2) is 0 Å². The quantitative estimate of drug-likeness (QED) is 0.813. The topological polar surface area (TPSA) is 64.3 Å². The first-order valence-corrected chi connectivity index (χ1v) is 7.42. The molecular formula is C16H24N2O2. The van der Waals surface area contributed by atoms with E-state index in [4.69, 9.17) is 10.5 Å². The van der Waals surface area contributed by atoms with Gasteiger partial charge in [0.25, 0.3) is 0 Å². The Morgan fingerprint density at radius 3 is 2.95 bits per heavy atom. The minimum absolute atomic E-state index is 0.0593. The lowest BCUT2D eigenvalue weighted by Gasteiger charge is -2.22. The Kier molecular flexibility index (Phi) is 5.41. The molecule has 0 saturated carbocycles. The highest BCUT2D eigenvalue weighted by molar-refractivity contribution is 5.76. The van der Waals surface area contributed by atoms with Gasteiger partial charge in [-0.2, -0.15) is 0 Å². The smallest absolute Gasteiger partial charge is 0.220 e. The van der Waals surface area contributed by atoms with Gasteiger partial charge in [0, 0.05) is 18.7 Å². The van der Waals surface area contributed by atoms with Crippen LogP contribution in [0.3, 0.4) is 0 Å². The fraction of sp³-hybridized carbons (Fsp3) is 0.562. The van der Waals surface area contributed by atoms with E-state index in [-0.39, 0.29) is 18.1 Å². The summed E-state index contributed by atoms with van der Waals surface area (Å²) in [5.74, 6) is 0.0647. The standard InChI is InChI=1S/C16H24N2O2/c1-12(14-7-2-3-8-15(14)17)18-16(19)10-9-13-6-4-5-11-20-13/h2-3,7-8,12-13H,4-6,9-11,17H2,1H3,(H,18,19). The molecule has 2 unspecified atom stereocenters. The summed E-state index contributed by atoms with van der Waals surface area (Å²) in [4.78, 5) is 12.0. The van der Waals surface area contributed by atoms with Gasteiger partial charge in [0.2, 0.25) is 5.91 Å². The van der Waals surface area contributed by atoms with Crippen molar-refractivity contribution in [2.75, 3.05) is 12.3 Å². The lowest BCUT2D eigenvalue weighted by atomic mass is 10.0. The van der Waals surface area contributed by atoms with Gasteiger partial charge in [0.05, 0.1) is 12.1 Å². The van der Waals surface area contributed by atoms with Crippen LogP contribution in [0.1, 0.15) is 50.6 Å². The summed E-state index contributed by atoms with van der Waals surface area (Å²) in [6, 6.07) is 7.58. The van der Waals surface area contributed by atoms with Crippen molar-refractivity contribution in [1.82, 2.24) is 5.32 Å². The number of carbonyl (C=O) groups excluding carboxylic acids is 1. The van der Waals surface area contributed by atoms with Gasteiger partial charge >= 0.3 is 0 Å². The van der Waals surface area contributed by atoms with E-state index in [1.807, 2.05) is 31.2 Å². The molecule has 4 nitrogen and oxygen atoms in total. The van der Waals surface area contributed by atoms with Gasteiger partial charge in [-0.05, 0) is 44.2 Å². The molecule has 1 aliphatic rings. The Morgan fingerprint density at radius 1 is 1.45 bits per heavy atom. The normalized spacial score (nSPS) is 20.4. The largest absolute Gasteiger partial charge is 0.398 e. The second-order valence-corrected chi connectivity index (χ2v) is 5.45. The number of nitrogens with two attached hydrogens (primary N) is 1. The Labute approximate surface area is 120 Å². The summed E-state index contributed by atoms with van der Waals surface area (Å²) in [5.41, 5.74) is 7.60. The maximum absolute atomic E-state index is 12.0. The molecule has 4 heteroatoms. The number of nitrogens with one attached hydrogen (secondary N) is 1. The van der Waals surface area contributed by atoms with Crippen LogP contribution < -0.4 is 11.1 Å². The van der Waals surface area contributed by atoms with Gasteiger partial charge < -0.3 is 15.8 Å². The van der Waals surface area contributed by atoms with E-state index in [9.17, 15) is 4.79 Å². The van der Waals surface area contributed by atoms with Crippen LogP contribution in [0.25, 0.3) is 0 Å². The molecule has 1 fully saturated rings. The zero-order valence-corrected chi connectivity index (χ0v) is 12.1. The van der Waals surface area contributed by atoms with Crippen LogP contribution in [-0.4, -0.2) is 18.6 Å². The summed E-state index contributed by atoms with van der Waals surface area (Å²) in [6.07, 6.45) is 5.02. The number of hydrogen-bond acceptors (Lipinski definition) is 3. The van der Waals surface area contributed by atoms with Crippen molar-refractivity contribution in [3.05, 3.63) is 29.8 Å². The second-order valence-electron chi connectivity index (χ2n) is 5.45. The van der Waals surface area contributed by atoms with E-state index in [1.54, 1.807) is 0 Å². The summed E-state index contributed by atoms with van der Waals surface area (Å²) in [7, 11) is 0. The molecule has 2 rings (SSSR count). The fourth-order valence-corrected chi connectivity index (χ4v) is 2.62. The maximum atomic E-state index is 12.0. The number of rotatable bonds is 5. The van der Waals surface area contributed by atoms with E-state index in [0.29, 0.717) is 6.42 Å². The lowest BCUT2D eigenvalue weighted by Crippen LogP contribution is -2.29. The first-order chi connectivity index (χ1) is 9.66. The van der Waals surface area contributed by atoms with Crippen molar-refractivity contribution in [2.45, 2.75) is 51.2 Å². The summed E-state index contributed by atoms with van der Waals surface area (Å²) >= 11 is 0. The minimum Gasteiger partial charge on any atom is -0.398 e. The van der Waals surface area contributed by atoms with Crippen molar-refractivity contribution in [3.8, 4) is 0 Å². The molecule has 0 aromatic heterocycles. The third kappa shape index (κ3) is 4.23. The molecule has 0 bridgehead atoms. The molecule has 0 radical (unpaired) electrons. The first kappa shape index (κ1) is 14.9. The van der Waals surface area contributed by atoms with Gasteiger partial charge in [0.1, 0.15) is 0 Å². The van der Waals surface area contributed by atoms with Gasteiger partial charge in [-0.1, -0.05) is 18.2 Å². The van der Waals surface area contributed by atoms with E-state index in [2.05, 4.69) is 5.32 Å². The van der Waals surface area contributed by atoms with Crippen molar-refractivity contribution in [2.24, 2.45) is 0 Å². The number of nitrogen functional groups attached to an aromatic ring is 1. The molecule has 0 spiro atoms. The van der Waals surface area contributed by atoms with E-state index in [1.165, 1.54) is 6.42 Å². The maximum Gasteiger partial charge on any atom is 0.220 e. The van der Waals surface area contributed by atoms with Crippen LogP contribution in [0.4, 0.5) is 5.69 Å². The van der Waals surface area contributed by atoms with Crippen molar-refractivity contribution < 1.29 is 9.53 Å². The van der Waals surface area contributed by atoms with Crippen LogP contribution in [-0.2, 0) is 9.53 Å². The number of ether oxygens (including phenoxy) is 1. The predicted octanol–water partition coefficient (Wildman–Crippen LogP) is 2.80. The van der Waals surface area contributed by atoms with Crippen LogP contribution >= 0.6 is 0 Å². The molecule has 2 atom stereocenters. The summed E-state index contributed by atoms with van der Waals surface area (Å²) in [5, 5.41) is 3.00. The SMILES string of the molecule is CC(NC(=O)CCC1CCCCO1)c1ccccc1N. The molecule has 20 heavy (non-hydrogen) atoms. The van der Waals surface area contributed by atoms with Crippen LogP contribution in [0.15, 0.2) is 24.3 Å². The van der Waals surface area contributed by atoms with Crippen LogP contribution in [0, 0.1) is 0 Å². The number of para-hydroxylation sites is 1. The zero-order chi connectivity index (χ0) is 14.4. The molecule has 1 aliphatic heterocycles.